The van der Waals surface area contributed by atoms with Crippen molar-refractivity contribution in [2.75, 3.05) is 5.75 Å². The third-order valence-corrected chi connectivity index (χ3v) is 5.95. The van der Waals surface area contributed by atoms with Gasteiger partial charge in [-0.15, -0.1) is 10.2 Å². The van der Waals surface area contributed by atoms with Crippen LogP contribution in [-0.4, -0.2) is 36.9 Å². The van der Waals surface area contributed by atoms with Crippen LogP contribution in [0.25, 0.3) is 11.4 Å². The summed E-state index contributed by atoms with van der Waals surface area (Å²) in [6.45, 7) is 11.5. The summed E-state index contributed by atoms with van der Waals surface area (Å²) in [4.78, 5) is 15.1. The van der Waals surface area contributed by atoms with Crippen molar-refractivity contribution in [2.24, 2.45) is 5.92 Å². The molecule has 0 fully saturated rings. The molecule has 1 aromatic heterocycles. The van der Waals surface area contributed by atoms with Crippen molar-refractivity contribution in [1.82, 2.24) is 19.7 Å². The molecule has 0 unspecified atom stereocenters. The first-order chi connectivity index (χ1) is 15.2. The Morgan fingerprint density at radius 1 is 1.06 bits per heavy atom. The predicted molar refractivity (Wildman–Crippen MR) is 128 cm³/mol. The standard InChI is InChI=1S/C25H31FN4OS/c1-18(2)15-29-23(20-13-9-10-14-21(20)26)27-28-24(29)32-17-22(31)30(25(3,4)5)16-19-11-7-6-8-12-19/h6-14,18H,15-17H2,1-5H3. The number of hydrogen-bond donors (Lipinski definition) is 0. The number of aromatic nitrogens is 3. The van der Waals surface area contributed by atoms with Gasteiger partial charge in [0.05, 0.1) is 11.3 Å². The molecular formula is C25H31FN4OS. The lowest BCUT2D eigenvalue weighted by atomic mass is 10.0. The average molecular weight is 455 g/mol. The maximum Gasteiger partial charge on any atom is 0.233 e. The number of thioether (sulfide) groups is 1. The monoisotopic (exact) mass is 454 g/mol. The molecule has 0 radical (unpaired) electrons. The van der Waals surface area contributed by atoms with Gasteiger partial charge in [-0.3, -0.25) is 4.79 Å². The third kappa shape index (κ3) is 5.97. The Morgan fingerprint density at radius 3 is 2.34 bits per heavy atom. The molecule has 0 saturated heterocycles. The van der Waals surface area contributed by atoms with Crippen LogP contribution in [0.2, 0.25) is 0 Å². The summed E-state index contributed by atoms with van der Waals surface area (Å²) < 4.78 is 16.3. The van der Waals surface area contributed by atoms with Gasteiger partial charge < -0.3 is 9.47 Å². The molecule has 3 aromatic rings. The highest BCUT2D eigenvalue weighted by molar-refractivity contribution is 7.99. The Morgan fingerprint density at radius 2 is 1.72 bits per heavy atom. The van der Waals surface area contributed by atoms with E-state index < -0.39 is 0 Å². The molecule has 0 bridgehead atoms. The first-order valence-electron chi connectivity index (χ1n) is 10.8. The molecule has 0 aliphatic heterocycles. The Balaban J connectivity index is 1.81. The minimum atomic E-state index is -0.334. The van der Waals surface area contributed by atoms with E-state index in [-0.39, 0.29) is 23.0 Å². The number of amides is 1. The van der Waals surface area contributed by atoms with Crippen molar-refractivity contribution in [2.45, 2.75) is 58.4 Å². The second-order valence-corrected chi connectivity index (χ2v) is 10.2. The molecule has 0 atom stereocenters. The van der Waals surface area contributed by atoms with Gasteiger partial charge in [0.2, 0.25) is 5.91 Å². The van der Waals surface area contributed by atoms with Crippen LogP contribution in [-0.2, 0) is 17.9 Å². The SMILES string of the molecule is CC(C)Cn1c(SCC(=O)N(Cc2ccccc2)C(C)(C)C)nnc1-c1ccccc1F. The molecule has 0 saturated carbocycles. The molecular weight excluding hydrogens is 423 g/mol. The van der Waals surface area contributed by atoms with Crippen molar-refractivity contribution < 1.29 is 9.18 Å². The summed E-state index contributed by atoms with van der Waals surface area (Å²) in [6.07, 6.45) is 0. The van der Waals surface area contributed by atoms with Gasteiger partial charge in [-0.1, -0.05) is 68.1 Å². The Labute approximate surface area is 194 Å². The van der Waals surface area contributed by atoms with Gasteiger partial charge in [-0.2, -0.15) is 0 Å². The highest BCUT2D eigenvalue weighted by Crippen LogP contribution is 2.28. The molecule has 0 aliphatic carbocycles. The van der Waals surface area contributed by atoms with Crippen LogP contribution in [0.4, 0.5) is 4.39 Å². The van der Waals surface area contributed by atoms with E-state index in [1.807, 2.05) is 60.6 Å². The van der Waals surface area contributed by atoms with Crippen LogP contribution in [0.3, 0.4) is 0 Å². The van der Waals surface area contributed by atoms with Gasteiger partial charge >= 0.3 is 0 Å². The van der Waals surface area contributed by atoms with E-state index in [0.717, 1.165) is 5.56 Å². The van der Waals surface area contributed by atoms with Crippen molar-refractivity contribution in [3.8, 4) is 11.4 Å². The second kappa shape index (κ2) is 10.3. The van der Waals surface area contributed by atoms with Crippen LogP contribution in [0.1, 0.15) is 40.2 Å². The van der Waals surface area contributed by atoms with Gasteiger partial charge in [0.15, 0.2) is 11.0 Å². The zero-order valence-corrected chi connectivity index (χ0v) is 20.2. The number of carbonyl (C=O) groups is 1. The van der Waals surface area contributed by atoms with Crippen LogP contribution >= 0.6 is 11.8 Å². The molecule has 0 aliphatic rings. The third-order valence-electron chi connectivity index (χ3n) is 5.00. The second-order valence-electron chi connectivity index (χ2n) is 9.22. The molecule has 1 heterocycles. The maximum atomic E-state index is 14.4. The summed E-state index contributed by atoms with van der Waals surface area (Å²) >= 11 is 1.35. The molecule has 0 N–H and O–H groups in total. The Hall–Kier alpha value is -2.67. The van der Waals surface area contributed by atoms with E-state index in [2.05, 4.69) is 24.0 Å². The zero-order chi connectivity index (χ0) is 23.3. The van der Waals surface area contributed by atoms with Crippen LogP contribution in [0, 0.1) is 11.7 Å². The van der Waals surface area contributed by atoms with Gasteiger partial charge in [0.25, 0.3) is 0 Å². The number of rotatable bonds is 8. The molecule has 32 heavy (non-hydrogen) atoms. The lowest BCUT2D eigenvalue weighted by Crippen LogP contribution is -2.45. The fraction of sp³-hybridized carbons (Fsp3) is 0.400. The van der Waals surface area contributed by atoms with Gasteiger partial charge in [-0.05, 0) is 44.4 Å². The summed E-state index contributed by atoms with van der Waals surface area (Å²) in [5.41, 5.74) is 1.18. The zero-order valence-electron chi connectivity index (χ0n) is 19.4. The van der Waals surface area contributed by atoms with E-state index in [1.54, 1.807) is 18.2 Å². The van der Waals surface area contributed by atoms with Crippen LogP contribution < -0.4 is 0 Å². The number of benzene rings is 2. The van der Waals surface area contributed by atoms with Gasteiger partial charge in [0.1, 0.15) is 5.82 Å². The molecule has 1 amide bonds. The van der Waals surface area contributed by atoms with E-state index >= 15 is 0 Å². The van der Waals surface area contributed by atoms with Crippen molar-refractivity contribution >= 4 is 17.7 Å². The molecule has 7 heteroatoms. The van der Waals surface area contributed by atoms with Crippen molar-refractivity contribution in [1.29, 1.82) is 0 Å². The number of carbonyl (C=O) groups excluding carboxylic acids is 1. The Kier molecular flexibility index (Phi) is 7.72. The van der Waals surface area contributed by atoms with Crippen LogP contribution in [0.5, 0.6) is 0 Å². The highest BCUT2D eigenvalue weighted by atomic mass is 32.2. The first-order valence-corrected chi connectivity index (χ1v) is 11.8. The van der Waals surface area contributed by atoms with E-state index in [0.29, 0.717) is 35.6 Å². The lowest BCUT2D eigenvalue weighted by molar-refractivity contribution is -0.133. The van der Waals surface area contributed by atoms with Crippen molar-refractivity contribution in [3.05, 3.63) is 66.0 Å². The van der Waals surface area contributed by atoms with E-state index in [4.69, 9.17) is 0 Å². The fourth-order valence-electron chi connectivity index (χ4n) is 3.44. The fourth-order valence-corrected chi connectivity index (χ4v) is 4.26. The van der Waals surface area contributed by atoms with Gasteiger partial charge in [-0.25, -0.2) is 4.39 Å². The number of nitrogens with zero attached hydrogens (tertiary/aromatic N) is 4. The normalized spacial score (nSPS) is 11.7. The predicted octanol–water partition coefficient (Wildman–Crippen LogP) is 5.66. The quantitative estimate of drug-likeness (QED) is 0.412. The Bertz CT molecular complexity index is 1040. The first kappa shape index (κ1) is 24.0. The van der Waals surface area contributed by atoms with E-state index in [1.165, 1.54) is 17.8 Å². The summed E-state index contributed by atoms with van der Waals surface area (Å²) in [5.74, 6) is 0.731. The average Bonchev–Trinajstić information content (AvgIpc) is 3.12. The molecule has 5 nitrogen and oxygen atoms in total. The van der Waals surface area contributed by atoms with Crippen LogP contribution in [0.15, 0.2) is 59.8 Å². The minimum Gasteiger partial charge on any atom is -0.333 e. The lowest BCUT2D eigenvalue weighted by Gasteiger charge is -2.36. The largest absolute Gasteiger partial charge is 0.333 e. The highest BCUT2D eigenvalue weighted by Gasteiger charge is 2.27. The summed E-state index contributed by atoms with van der Waals surface area (Å²) in [6, 6.07) is 16.6. The molecule has 0 spiro atoms. The number of hydrogen-bond acceptors (Lipinski definition) is 4. The summed E-state index contributed by atoms with van der Waals surface area (Å²) in [7, 11) is 0. The number of halogens is 1. The van der Waals surface area contributed by atoms with E-state index in [9.17, 15) is 9.18 Å². The molecule has 170 valence electrons. The van der Waals surface area contributed by atoms with Gasteiger partial charge in [0, 0.05) is 18.6 Å². The molecule has 3 rings (SSSR count). The topological polar surface area (TPSA) is 51.0 Å². The minimum absolute atomic E-state index is 0.0258. The van der Waals surface area contributed by atoms with Crippen molar-refractivity contribution in [3.63, 3.8) is 0 Å². The summed E-state index contributed by atoms with van der Waals surface area (Å²) in [5, 5.41) is 9.19. The maximum absolute atomic E-state index is 14.4. The smallest absolute Gasteiger partial charge is 0.233 e. The molecule has 2 aromatic carbocycles.